The zero-order valence-electron chi connectivity index (χ0n) is 10.6. The zero-order valence-corrected chi connectivity index (χ0v) is 11.5. The van der Waals surface area contributed by atoms with Gasteiger partial charge in [0, 0.05) is 26.7 Å². The molecule has 1 aromatic carbocycles. The fraction of sp³-hybridized carbons (Fsp3) is 0.455. The molecular weight excluding hydrogens is 278 g/mol. The first-order chi connectivity index (χ1) is 8.78. The molecule has 19 heavy (non-hydrogen) atoms. The van der Waals surface area contributed by atoms with Crippen LogP contribution in [0, 0.1) is 11.6 Å². The molecule has 0 saturated carbocycles. The number of rotatable bonds is 6. The summed E-state index contributed by atoms with van der Waals surface area (Å²) in [6.45, 7) is 0.0949. The molecule has 0 aliphatic heterocycles. The smallest absolute Gasteiger partial charge is 0.245 e. The number of nitrogens with two attached hydrogens (primary N) is 1. The monoisotopic (exact) mass is 294 g/mol. The van der Waals surface area contributed by atoms with Crippen LogP contribution >= 0.6 is 0 Å². The van der Waals surface area contributed by atoms with E-state index in [0.29, 0.717) is 6.07 Å². The van der Waals surface area contributed by atoms with Crippen LogP contribution in [0.4, 0.5) is 8.78 Å². The summed E-state index contributed by atoms with van der Waals surface area (Å²) in [6.07, 6.45) is 0. The third-order valence-corrected chi connectivity index (χ3v) is 4.29. The highest BCUT2D eigenvalue weighted by atomic mass is 32.2. The average Bonchev–Trinajstić information content (AvgIpc) is 2.32. The van der Waals surface area contributed by atoms with Gasteiger partial charge in [0.05, 0.1) is 6.61 Å². The quantitative estimate of drug-likeness (QED) is 0.832. The van der Waals surface area contributed by atoms with Crippen LogP contribution in [-0.4, -0.2) is 46.1 Å². The third-order valence-electron chi connectivity index (χ3n) is 2.45. The van der Waals surface area contributed by atoms with Gasteiger partial charge >= 0.3 is 0 Å². The molecule has 0 radical (unpaired) electrons. The zero-order chi connectivity index (χ0) is 14.6. The van der Waals surface area contributed by atoms with E-state index in [1.165, 1.54) is 14.2 Å². The van der Waals surface area contributed by atoms with Gasteiger partial charge in [-0.3, -0.25) is 0 Å². The van der Waals surface area contributed by atoms with E-state index in [4.69, 9.17) is 10.5 Å². The first-order valence-electron chi connectivity index (χ1n) is 5.45. The lowest BCUT2D eigenvalue weighted by molar-refractivity contribution is 0.173. The summed E-state index contributed by atoms with van der Waals surface area (Å²) in [5.74, 6) is -1.83. The van der Waals surface area contributed by atoms with Crippen molar-refractivity contribution in [3.8, 4) is 0 Å². The van der Waals surface area contributed by atoms with E-state index in [-0.39, 0.29) is 13.2 Å². The number of hydrogen-bond donors (Lipinski definition) is 1. The molecule has 0 spiro atoms. The van der Waals surface area contributed by atoms with E-state index in [1.807, 2.05) is 0 Å². The molecule has 2 N–H and O–H groups in total. The fourth-order valence-electron chi connectivity index (χ4n) is 1.54. The van der Waals surface area contributed by atoms with Gasteiger partial charge in [-0.25, -0.2) is 17.2 Å². The Morgan fingerprint density at radius 1 is 1.42 bits per heavy atom. The molecule has 1 atom stereocenters. The van der Waals surface area contributed by atoms with Crippen molar-refractivity contribution in [2.24, 2.45) is 5.73 Å². The van der Waals surface area contributed by atoms with Gasteiger partial charge in [-0.1, -0.05) is 0 Å². The standard InChI is InChI=1S/C11H16F2N2O3S/c1-15(6-9(14)7-18-2)19(16,17)11-5-8(12)3-4-10(11)13/h3-5,9H,6-7,14H2,1-2H3. The van der Waals surface area contributed by atoms with Crippen LogP contribution in [-0.2, 0) is 14.8 Å². The van der Waals surface area contributed by atoms with E-state index < -0.39 is 32.6 Å². The lowest BCUT2D eigenvalue weighted by Crippen LogP contribution is -2.41. The summed E-state index contributed by atoms with van der Waals surface area (Å²) in [5, 5.41) is 0. The highest BCUT2D eigenvalue weighted by molar-refractivity contribution is 7.89. The van der Waals surface area contributed by atoms with E-state index >= 15 is 0 Å². The molecule has 0 aromatic heterocycles. The molecule has 0 saturated heterocycles. The number of methoxy groups -OCH3 is 1. The number of benzene rings is 1. The molecule has 5 nitrogen and oxygen atoms in total. The summed E-state index contributed by atoms with van der Waals surface area (Å²) in [4.78, 5) is -0.709. The van der Waals surface area contributed by atoms with Gasteiger partial charge in [0.15, 0.2) is 0 Å². The minimum atomic E-state index is -4.12. The summed E-state index contributed by atoms with van der Waals surface area (Å²) < 4.78 is 56.3. The van der Waals surface area contributed by atoms with E-state index in [2.05, 4.69) is 0 Å². The van der Waals surface area contributed by atoms with Crippen molar-refractivity contribution < 1.29 is 21.9 Å². The molecule has 1 rings (SSSR count). The summed E-state index contributed by atoms with van der Waals surface area (Å²) in [5.41, 5.74) is 5.63. The highest BCUT2D eigenvalue weighted by Crippen LogP contribution is 2.19. The average molecular weight is 294 g/mol. The highest BCUT2D eigenvalue weighted by Gasteiger charge is 2.26. The molecule has 1 unspecified atom stereocenters. The molecule has 8 heteroatoms. The van der Waals surface area contributed by atoms with Gasteiger partial charge in [-0.15, -0.1) is 0 Å². The number of sulfonamides is 1. The second-order valence-electron chi connectivity index (χ2n) is 4.08. The number of ether oxygens (including phenoxy) is 1. The molecule has 0 fully saturated rings. The Morgan fingerprint density at radius 2 is 2.05 bits per heavy atom. The third kappa shape index (κ3) is 3.93. The topological polar surface area (TPSA) is 72.6 Å². The van der Waals surface area contributed by atoms with Gasteiger partial charge in [0.25, 0.3) is 0 Å². The van der Waals surface area contributed by atoms with E-state index in [9.17, 15) is 17.2 Å². The fourth-order valence-corrected chi connectivity index (χ4v) is 2.84. The summed E-state index contributed by atoms with van der Waals surface area (Å²) in [6, 6.07) is 1.71. The van der Waals surface area contributed by atoms with Crippen molar-refractivity contribution in [1.82, 2.24) is 4.31 Å². The maximum atomic E-state index is 13.5. The van der Waals surface area contributed by atoms with Gasteiger partial charge in [0.2, 0.25) is 10.0 Å². The first kappa shape index (κ1) is 16.0. The summed E-state index contributed by atoms with van der Waals surface area (Å²) >= 11 is 0. The Morgan fingerprint density at radius 3 is 2.63 bits per heavy atom. The van der Waals surface area contributed by atoms with Crippen LogP contribution in [0.15, 0.2) is 23.1 Å². The minimum Gasteiger partial charge on any atom is -0.383 e. The van der Waals surface area contributed by atoms with E-state index in [1.54, 1.807) is 0 Å². The number of nitrogens with zero attached hydrogens (tertiary/aromatic N) is 1. The van der Waals surface area contributed by atoms with Crippen LogP contribution < -0.4 is 5.73 Å². The second-order valence-corrected chi connectivity index (χ2v) is 6.09. The Bertz CT molecular complexity index is 537. The second kappa shape index (κ2) is 6.38. The van der Waals surface area contributed by atoms with Crippen LogP contribution in [0.5, 0.6) is 0 Å². The molecule has 0 amide bonds. The van der Waals surface area contributed by atoms with Gasteiger partial charge in [0.1, 0.15) is 16.5 Å². The molecule has 0 bridgehead atoms. The number of hydrogen-bond acceptors (Lipinski definition) is 4. The van der Waals surface area contributed by atoms with Crippen LogP contribution in [0.1, 0.15) is 0 Å². The van der Waals surface area contributed by atoms with Crippen LogP contribution in [0.3, 0.4) is 0 Å². The lowest BCUT2D eigenvalue weighted by Gasteiger charge is -2.21. The first-order valence-corrected chi connectivity index (χ1v) is 6.89. The Balaban J connectivity index is 3.00. The molecular formula is C11H16F2N2O3S. The van der Waals surface area contributed by atoms with Crippen molar-refractivity contribution in [2.75, 3.05) is 27.3 Å². The van der Waals surface area contributed by atoms with Crippen molar-refractivity contribution in [3.63, 3.8) is 0 Å². The van der Waals surface area contributed by atoms with Crippen LogP contribution in [0.2, 0.25) is 0 Å². The van der Waals surface area contributed by atoms with Crippen LogP contribution in [0.25, 0.3) is 0 Å². The normalized spacial score (nSPS) is 13.8. The van der Waals surface area contributed by atoms with Gasteiger partial charge < -0.3 is 10.5 Å². The largest absolute Gasteiger partial charge is 0.383 e. The molecule has 0 aliphatic carbocycles. The predicted octanol–water partition coefficient (Wildman–Crippen LogP) is 0.559. The van der Waals surface area contributed by atoms with Crippen molar-refractivity contribution >= 4 is 10.0 Å². The molecule has 108 valence electrons. The molecule has 0 heterocycles. The number of halogens is 2. The number of likely N-dealkylation sites (N-methyl/N-ethyl adjacent to an activating group) is 1. The minimum absolute atomic E-state index is 0.0634. The maximum Gasteiger partial charge on any atom is 0.245 e. The van der Waals surface area contributed by atoms with Crippen molar-refractivity contribution in [1.29, 1.82) is 0 Å². The Kier molecular flexibility index (Phi) is 5.36. The predicted molar refractivity (Wildman–Crippen MR) is 66.0 cm³/mol. The lowest BCUT2D eigenvalue weighted by atomic mass is 10.3. The van der Waals surface area contributed by atoms with Crippen molar-refractivity contribution in [2.45, 2.75) is 10.9 Å². The van der Waals surface area contributed by atoms with E-state index in [0.717, 1.165) is 16.4 Å². The maximum absolute atomic E-state index is 13.5. The SMILES string of the molecule is COCC(N)CN(C)S(=O)(=O)c1cc(F)ccc1F. The Hall–Kier alpha value is -1.09. The van der Waals surface area contributed by atoms with Crippen molar-refractivity contribution in [3.05, 3.63) is 29.8 Å². The Labute approximate surface area is 111 Å². The molecule has 1 aromatic rings. The van der Waals surface area contributed by atoms with Gasteiger partial charge in [-0.2, -0.15) is 4.31 Å². The molecule has 0 aliphatic rings. The van der Waals surface area contributed by atoms with Gasteiger partial charge in [-0.05, 0) is 18.2 Å². The summed E-state index contributed by atoms with van der Waals surface area (Å²) in [7, 11) is -1.45.